The number of primary amides is 1. The summed E-state index contributed by atoms with van der Waals surface area (Å²) in [6.45, 7) is 1.84. The van der Waals surface area contributed by atoms with Crippen molar-refractivity contribution < 1.29 is 38.7 Å². The zero-order valence-electron chi connectivity index (χ0n) is 23.2. The first-order valence-corrected chi connectivity index (χ1v) is 13.7. The molecule has 1 aromatic heterocycles. The second kappa shape index (κ2) is 17.3. The van der Waals surface area contributed by atoms with Gasteiger partial charge in [0.25, 0.3) is 0 Å². The lowest BCUT2D eigenvalue weighted by Crippen LogP contribution is -2.41. The van der Waals surface area contributed by atoms with E-state index in [9.17, 15) is 24.0 Å². The topological polar surface area (TPSA) is 190 Å². The van der Waals surface area contributed by atoms with Crippen molar-refractivity contribution in [2.24, 2.45) is 5.73 Å². The Labute approximate surface area is 248 Å². The molecule has 2 amide bonds. The van der Waals surface area contributed by atoms with Crippen LogP contribution in [0.25, 0.3) is 22.4 Å². The number of halogens is 1. The summed E-state index contributed by atoms with van der Waals surface area (Å²) in [5, 5.41) is 24.1. The van der Waals surface area contributed by atoms with Gasteiger partial charge in [-0.1, -0.05) is 60.1 Å². The Balaban J connectivity index is 0.000000928. The minimum absolute atomic E-state index is 0.00894. The van der Waals surface area contributed by atoms with Gasteiger partial charge in [0.05, 0.1) is 6.04 Å². The van der Waals surface area contributed by atoms with Gasteiger partial charge in [0.1, 0.15) is 11.5 Å². The van der Waals surface area contributed by atoms with Crippen molar-refractivity contribution in [1.82, 2.24) is 10.5 Å². The van der Waals surface area contributed by atoms with Crippen molar-refractivity contribution in [2.75, 3.05) is 0 Å². The average molecular weight is 600 g/mol. The number of aromatic nitrogens is 1. The van der Waals surface area contributed by atoms with Gasteiger partial charge >= 0.3 is 11.9 Å². The van der Waals surface area contributed by atoms with Crippen LogP contribution >= 0.6 is 11.6 Å². The number of hydrogen-bond donors (Lipinski definition) is 4. The van der Waals surface area contributed by atoms with Crippen LogP contribution in [0.2, 0.25) is 5.02 Å². The molecule has 2 aromatic carbocycles. The number of amides is 2. The molecule has 0 aliphatic rings. The number of hydrogen-bond acceptors (Lipinski definition) is 7. The average Bonchev–Trinajstić information content (AvgIpc) is 3.42. The summed E-state index contributed by atoms with van der Waals surface area (Å²) in [5.41, 5.74) is 8.52. The largest absolute Gasteiger partial charge is 0.481 e. The van der Waals surface area contributed by atoms with Crippen LogP contribution in [0.15, 0.2) is 59.1 Å². The number of nitrogens with zero attached hydrogens (tertiary/aromatic N) is 1. The lowest BCUT2D eigenvalue weighted by molar-refractivity contribution is -0.138. The summed E-state index contributed by atoms with van der Waals surface area (Å²) in [5.74, 6) is -2.84. The summed E-state index contributed by atoms with van der Waals surface area (Å²) in [6, 6.07) is 16.0. The quantitative estimate of drug-likeness (QED) is 0.192. The molecule has 0 radical (unpaired) electrons. The zero-order chi connectivity index (χ0) is 31.1. The number of carboxylic acid groups (broad SMARTS) is 2. The number of carbonyl (C=O) groups excluding carboxylic acids is 3. The normalized spacial score (nSPS) is 11.1. The molecule has 11 nitrogen and oxygen atoms in total. The standard InChI is InChI=1S/C26H26ClN3O6.C4H8O2/c27-19-3-1-2-18(14-19)16-4-6-17(7-5-16)22-15-20(36-30-22)8-12-25(33)29-21(9-13-26(34)35)23(31)10-11-24(28)32;1-2-3-4(5)6/h1-7,14-15,21H,8-13H2,(H2,28,32)(H,29,33)(H,34,35);2-3H2,1H3,(H,5,6)/t21-;/m0./s1. The number of Topliss-reactive ketones (excluding diaryl/α,β-unsaturated/α-hetero) is 1. The second-order valence-corrected chi connectivity index (χ2v) is 9.83. The summed E-state index contributed by atoms with van der Waals surface area (Å²) in [4.78, 5) is 56.2. The molecule has 0 aliphatic heterocycles. The van der Waals surface area contributed by atoms with Crippen molar-refractivity contribution >= 4 is 41.1 Å². The molecule has 0 fully saturated rings. The minimum atomic E-state index is -1.09. The van der Waals surface area contributed by atoms with E-state index in [0.29, 0.717) is 22.9 Å². The molecule has 5 N–H and O–H groups in total. The monoisotopic (exact) mass is 599 g/mol. The summed E-state index contributed by atoms with van der Waals surface area (Å²) < 4.78 is 5.35. The van der Waals surface area contributed by atoms with Crippen molar-refractivity contribution in [3.05, 3.63) is 65.4 Å². The van der Waals surface area contributed by atoms with E-state index in [-0.39, 0.29) is 38.5 Å². The summed E-state index contributed by atoms with van der Waals surface area (Å²) in [7, 11) is 0. The molecule has 224 valence electrons. The number of rotatable bonds is 15. The van der Waals surface area contributed by atoms with Crippen molar-refractivity contribution in [3.8, 4) is 22.4 Å². The van der Waals surface area contributed by atoms with E-state index in [1.54, 1.807) is 6.07 Å². The van der Waals surface area contributed by atoms with Gasteiger partial charge in [0, 0.05) is 55.2 Å². The van der Waals surface area contributed by atoms with Gasteiger partial charge in [-0.05, 0) is 36.1 Å². The smallest absolute Gasteiger partial charge is 0.303 e. The first-order chi connectivity index (χ1) is 20.0. The Morgan fingerprint density at radius 2 is 1.55 bits per heavy atom. The van der Waals surface area contributed by atoms with Crippen LogP contribution in [0.5, 0.6) is 0 Å². The molecule has 1 heterocycles. The Bertz CT molecular complexity index is 1370. The molecule has 0 spiro atoms. The zero-order valence-corrected chi connectivity index (χ0v) is 23.9. The third-order valence-corrected chi connectivity index (χ3v) is 6.18. The van der Waals surface area contributed by atoms with Crippen LogP contribution in [-0.2, 0) is 30.4 Å². The maximum atomic E-state index is 12.4. The molecule has 3 rings (SSSR count). The Kier molecular flexibility index (Phi) is 13.9. The van der Waals surface area contributed by atoms with Gasteiger partial charge < -0.3 is 25.8 Å². The maximum absolute atomic E-state index is 12.4. The van der Waals surface area contributed by atoms with Gasteiger partial charge in [0.2, 0.25) is 11.8 Å². The molecule has 12 heteroatoms. The third kappa shape index (κ3) is 12.3. The van der Waals surface area contributed by atoms with E-state index < -0.39 is 35.6 Å². The van der Waals surface area contributed by atoms with Gasteiger partial charge in [-0.3, -0.25) is 24.0 Å². The second-order valence-electron chi connectivity index (χ2n) is 9.40. The van der Waals surface area contributed by atoms with Crippen molar-refractivity contribution in [2.45, 2.75) is 64.3 Å². The van der Waals surface area contributed by atoms with Crippen LogP contribution in [0.4, 0.5) is 0 Å². The first kappa shape index (κ1) is 33.7. The molecule has 0 unspecified atom stereocenters. The molecular weight excluding hydrogens is 566 g/mol. The van der Waals surface area contributed by atoms with E-state index in [2.05, 4.69) is 10.5 Å². The SMILES string of the molecule is CCCC(=O)O.NC(=O)CCC(=O)[C@H](CCC(=O)O)NC(=O)CCc1cc(-c2ccc(-c3cccc(Cl)c3)cc2)no1. The van der Waals surface area contributed by atoms with Crippen LogP contribution in [0, 0.1) is 0 Å². The highest BCUT2D eigenvalue weighted by Gasteiger charge is 2.22. The molecule has 0 saturated heterocycles. The van der Waals surface area contributed by atoms with Gasteiger partial charge in [-0.2, -0.15) is 0 Å². The fraction of sp³-hybridized carbons (Fsp3) is 0.333. The number of benzene rings is 2. The maximum Gasteiger partial charge on any atom is 0.303 e. The summed E-state index contributed by atoms with van der Waals surface area (Å²) >= 11 is 6.07. The van der Waals surface area contributed by atoms with Crippen LogP contribution in [0.3, 0.4) is 0 Å². The fourth-order valence-corrected chi connectivity index (χ4v) is 3.98. The number of nitrogens with two attached hydrogens (primary N) is 1. The fourth-order valence-electron chi connectivity index (χ4n) is 3.79. The van der Waals surface area contributed by atoms with Gasteiger partial charge in [0.15, 0.2) is 5.78 Å². The van der Waals surface area contributed by atoms with Crippen molar-refractivity contribution in [1.29, 1.82) is 0 Å². The highest BCUT2D eigenvalue weighted by Crippen LogP contribution is 2.26. The molecule has 0 bridgehead atoms. The van der Waals surface area contributed by atoms with Crippen molar-refractivity contribution in [3.63, 3.8) is 0 Å². The highest BCUT2D eigenvalue weighted by molar-refractivity contribution is 6.30. The van der Waals surface area contributed by atoms with Crippen LogP contribution < -0.4 is 11.1 Å². The number of aryl methyl sites for hydroxylation is 1. The van der Waals surface area contributed by atoms with Gasteiger partial charge in [-0.15, -0.1) is 0 Å². The molecule has 3 aromatic rings. The number of ketones is 1. The van der Waals surface area contributed by atoms with E-state index >= 15 is 0 Å². The summed E-state index contributed by atoms with van der Waals surface area (Å²) in [6.07, 6.45) is 0.566. The van der Waals surface area contributed by atoms with E-state index in [1.165, 1.54) is 0 Å². The van der Waals surface area contributed by atoms with E-state index in [4.69, 9.17) is 32.1 Å². The molecular formula is C30H34ClN3O8. The Morgan fingerprint density at radius 1 is 0.881 bits per heavy atom. The lowest BCUT2D eigenvalue weighted by atomic mass is 10.0. The van der Waals surface area contributed by atoms with Crippen LogP contribution in [0.1, 0.15) is 57.6 Å². The Hall–Kier alpha value is -4.51. The predicted octanol–water partition coefficient (Wildman–Crippen LogP) is 4.65. The van der Waals surface area contributed by atoms with Crippen LogP contribution in [-0.4, -0.2) is 50.9 Å². The first-order valence-electron chi connectivity index (χ1n) is 13.3. The number of carboxylic acids is 2. The molecule has 1 atom stereocenters. The van der Waals surface area contributed by atoms with E-state index in [1.807, 2.05) is 55.5 Å². The number of carbonyl (C=O) groups is 5. The Morgan fingerprint density at radius 3 is 2.12 bits per heavy atom. The lowest BCUT2D eigenvalue weighted by Gasteiger charge is -2.16. The number of aliphatic carboxylic acids is 2. The molecule has 0 aliphatic carbocycles. The van der Waals surface area contributed by atoms with E-state index in [0.717, 1.165) is 23.1 Å². The number of nitrogens with one attached hydrogen (secondary N) is 1. The third-order valence-electron chi connectivity index (χ3n) is 5.95. The molecule has 42 heavy (non-hydrogen) atoms. The molecule has 0 saturated carbocycles. The van der Waals surface area contributed by atoms with Gasteiger partial charge in [-0.25, -0.2) is 0 Å². The highest BCUT2D eigenvalue weighted by atomic mass is 35.5. The predicted molar refractivity (Wildman–Crippen MR) is 155 cm³/mol. The minimum Gasteiger partial charge on any atom is -0.481 e.